The molecule has 0 aliphatic heterocycles. The molecule has 0 atom stereocenters. The second-order valence-corrected chi connectivity index (χ2v) is 28.6. The minimum Gasteiger partial charge on any atom is -0.341 e. The fourth-order valence-electron chi connectivity index (χ4n) is 14.9. The maximum absolute atomic E-state index is 3.61. The molecule has 3 aromatic heterocycles. The number of benzene rings is 16. The largest absolute Gasteiger partial charge is 0.341 e. The van der Waals surface area contributed by atoms with E-state index in [0.29, 0.717) is 0 Å². The molecule has 0 bridgehead atoms. The van der Waals surface area contributed by atoms with E-state index < -0.39 is 0 Å². The Bertz CT molecular complexity index is 6350. The predicted molar refractivity (Wildman–Crippen MR) is 445 cm³/mol. The molecule has 19 aromatic rings. The lowest BCUT2D eigenvalue weighted by atomic mass is 9.97. The van der Waals surface area contributed by atoms with E-state index >= 15 is 0 Å². The first kappa shape index (κ1) is 64.0. The Morgan fingerprint density at radius 2 is 0.500 bits per heavy atom. The third kappa shape index (κ3) is 12.5. The van der Waals surface area contributed by atoms with Gasteiger partial charge in [-0.3, -0.25) is 0 Å². The monoisotopic (exact) mass is 1500 g/mol. The van der Waals surface area contributed by atoms with Crippen LogP contribution < -0.4 is 0 Å². The van der Waals surface area contributed by atoms with Gasteiger partial charge >= 0.3 is 0 Å². The molecule has 0 unspecified atom stereocenters. The molecule has 0 amide bonds. The standard InChI is InChI=1S/C36H24BrN.C34H22BrN.C26H20BrN/c37-31-14-8-13-28(22-31)26-11-7-12-27(21-26)30-18-20-36-34(24-30)33-23-29(25-9-3-1-4-10-25)17-19-35(33)38(36)32-15-5-2-6-16-32;35-28-13-6-12-26(21-28)24-10-5-11-25(20-24)27-18-19-34-31(22-27)30-15-3-4-16-33(30)36(34)32-17-7-9-23-8-1-2-14-29(23)32;1-2-28-25-12-4-3-11-23(25)24-17-21(13-14-26(24)28)19-8-5-7-18(15-19)20-9-6-10-22(27)16-20/h1-24H;1-22H;3-17H,2H2,1H3. The first-order valence-corrected chi connectivity index (χ1v) is 36.9. The summed E-state index contributed by atoms with van der Waals surface area (Å²) in [6, 6.07) is 133. The van der Waals surface area contributed by atoms with Crippen molar-refractivity contribution in [3.63, 3.8) is 0 Å². The fraction of sp³-hybridized carbons (Fsp3) is 0.0208. The molecular formula is C96H66Br3N3. The lowest BCUT2D eigenvalue weighted by molar-refractivity contribution is 0.827. The summed E-state index contributed by atoms with van der Waals surface area (Å²) in [6.07, 6.45) is 0. The van der Waals surface area contributed by atoms with E-state index in [1.807, 2.05) is 0 Å². The Hall–Kier alpha value is -11.4. The van der Waals surface area contributed by atoms with Gasteiger partial charge in [0.2, 0.25) is 0 Å². The number of nitrogens with zero attached hydrogens (tertiary/aromatic N) is 3. The van der Waals surface area contributed by atoms with Crippen molar-refractivity contribution in [2.75, 3.05) is 0 Å². The SMILES string of the molecule is Brc1cccc(-c2cccc(-c3ccc4c(c3)c3cc(-c5ccccc5)ccc3n4-c3ccccc3)c2)c1.Brc1cccc(-c2cccc(-c3ccc4c(c3)c3ccccc3n4-c3cccc4ccccc34)c2)c1.CCn1c2ccccc2c2cc(-c3cccc(-c4cccc(Br)c4)c3)ccc21. The highest BCUT2D eigenvalue weighted by molar-refractivity contribution is 9.11. The third-order valence-corrected chi connectivity index (χ3v) is 21.2. The van der Waals surface area contributed by atoms with Gasteiger partial charge in [0, 0.05) is 74.4 Å². The van der Waals surface area contributed by atoms with Crippen LogP contribution in [0, 0.1) is 0 Å². The van der Waals surface area contributed by atoms with E-state index in [0.717, 1.165) is 20.0 Å². The smallest absolute Gasteiger partial charge is 0.0541 e. The van der Waals surface area contributed by atoms with E-state index in [1.165, 1.54) is 165 Å². The number of rotatable bonds is 10. The third-order valence-electron chi connectivity index (χ3n) is 19.7. The van der Waals surface area contributed by atoms with E-state index in [1.54, 1.807) is 0 Å². The Morgan fingerprint density at radius 1 is 0.206 bits per heavy atom. The van der Waals surface area contributed by atoms with E-state index in [-0.39, 0.29) is 0 Å². The second-order valence-electron chi connectivity index (χ2n) is 25.9. The highest BCUT2D eigenvalue weighted by atomic mass is 79.9. The quantitative estimate of drug-likeness (QED) is 0.130. The van der Waals surface area contributed by atoms with Crippen LogP contribution >= 0.6 is 47.8 Å². The minimum atomic E-state index is 0.974. The van der Waals surface area contributed by atoms with Gasteiger partial charge in [0.25, 0.3) is 0 Å². The molecule has 0 spiro atoms. The van der Waals surface area contributed by atoms with Crippen LogP contribution in [0.5, 0.6) is 0 Å². The van der Waals surface area contributed by atoms with Gasteiger partial charge in [-0.1, -0.05) is 284 Å². The summed E-state index contributed by atoms with van der Waals surface area (Å²) in [5.74, 6) is 0. The summed E-state index contributed by atoms with van der Waals surface area (Å²) >= 11 is 10.8. The lowest BCUT2D eigenvalue weighted by Crippen LogP contribution is -1.95. The molecule has 0 aliphatic carbocycles. The van der Waals surface area contributed by atoms with Crippen molar-refractivity contribution in [3.05, 3.63) is 383 Å². The van der Waals surface area contributed by atoms with Crippen molar-refractivity contribution < 1.29 is 0 Å². The molecular weight excluding hydrogens is 1430 g/mol. The summed E-state index contributed by atoms with van der Waals surface area (Å²) in [5, 5.41) is 10.2. The fourth-order valence-corrected chi connectivity index (χ4v) is 16.1. The molecule has 486 valence electrons. The highest BCUT2D eigenvalue weighted by Gasteiger charge is 2.19. The molecule has 3 heterocycles. The molecule has 6 heteroatoms. The van der Waals surface area contributed by atoms with Crippen molar-refractivity contribution in [2.24, 2.45) is 0 Å². The maximum atomic E-state index is 3.61. The van der Waals surface area contributed by atoms with Crippen LogP contribution in [0.3, 0.4) is 0 Å². The molecule has 3 nitrogen and oxygen atoms in total. The number of hydrogen-bond acceptors (Lipinski definition) is 0. The van der Waals surface area contributed by atoms with Gasteiger partial charge in [0.15, 0.2) is 0 Å². The van der Waals surface area contributed by atoms with Crippen LogP contribution in [0.4, 0.5) is 0 Å². The summed E-state index contributed by atoms with van der Waals surface area (Å²) in [5.41, 5.74) is 27.0. The average molecular weight is 1500 g/mol. The molecule has 102 heavy (non-hydrogen) atoms. The number of halogens is 3. The molecule has 16 aromatic carbocycles. The zero-order valence-corrected chi connectivity index (χ0v) is 60.7. The van der Waals surface area contributed by atoms with Gasteiger partial charge in [0.05, 0.1) is 27.8 Å². The second kappa shape index (κ2) is 28.0. The Balaban J connectivity index is 0.000000115. The Labute approximate surface area is 618 Å². The summed E-state index contributed by atoms with van der Waals surface area (Å²) in [6.45, 7) is 3.18. The molecule has 0 fully saturated rings. The molecule has 0 aliphatic rings. The average Bonchev–Trinajstić information content (AvgIpc) is 1.60. The zero-order valence-electron chi connectivity index (χ0n) is 55.9. The lowest BCUT2D eigenvalue weighted by Gasteiger charge is -2.12. The van der Waals surface area contributed by atoms with Crippen LogP contribution in [-0.2, 0) is 6.54 Å². The van der Waals surface area contributed by atoms with Crippen molar-refractivity contribution >= 4 is 124 Å². The first-order chi connectivity index (χ1) is 50.2. The topological polar surface area (TPSA) is 14.8 Å². The summed E-state index contributed by atoms with van der Waals surface area (Å²) in [4.78, 5) is 0. The van der Waals surface area contributed by atoms with Crippen LogP contribution in [0.2, 0.25) is 0 Å². The molecule has 0 radical (unpaired) electrons. The number of hydrogen-bond donors (Lipinski definition) is 0. The predicted octanol–water partition coefficient (Wildman–Crippen LogP) is 28.5. The van der Waals surface area contributed by atoms with Crippen LogP contribution in [-0.4, -0.2) is 13.7 Å². The maximum Gasteiger partial charge on any atom is 0.0541 e. The summed E-state index contributed by atoms with van der Waals surface area (Å²) < 4.78 is 10.5. The van der Waals surface area contributed by atoms with Gasteiger partial charge in [-0.15, -0.1) is 0 Å². The highest BCUT2D eigenvalue weighted by Crippen LogP contribution is 2.42. The number of fused-ring (bicyclic) bond motifs is 10. The van der Waals surface area contributed by atoms with Gasteiger partial charge in [-0.25, -0.2) is 0 Å². The first-order valence-electron chi connectivity index (χ1n) is 34.6. The van der Waals surface area contributed by atoms with Crippen LogP contribution in [0.15, 0.2) is 383 Å². The van der Waals surface area contributed by atoms with Crippen molar-refractivity contribution in [3.8, 4) is 89.3 Å². The van der Waals surface area contributed by atoms with Crippen molar-refractivity contribution in [1.82, 2.24) is 13.7 Å². The van der Waals surface area contributed by atoms with Crippen molar-refractivity contribution in [1.29, 1.82) is 0 Å². The van der Waals surface area contributed by atoms with Gasteiger partial charge in [-0.2, -0.15) is 0 Å². The molecule has 0 saturated carbocycles. The van der Waals surface area contributed by atoms with Gasteiger partial charge < -0.3 is 13.7 Å². The van der Waals surface area contributed by atoms with Gasteiger partial charge in [-0.05, 0) is 224 Å². The number of aromatic nitrogens is 3. The van der Waals surface area contributed by atoms with E-state index in [9.17, 15) is 0 Å². The zero-order chi connectivity index (χ0) is 68.6. The normalized spacial score (nSPS) is 11.4. The van der Waals surface area contributed by atoms with Gasteiger partial charge in [0.1, 0.15) is 0 Å². The van der Waals surface area contributed by atoms with E-state index in [2.05, 4.69) is 438 Å². The van der Waals surface area contributed by atoms with E-state index in [4.69, 9.17) is 0 Å². The summed E-state index contributed by atoms with van der Waals surface area (Å²) in [7, 11) is 0. The Morgan fingerprint density at radius 3 is 0.971 bits per heavy atom. The molecule has 0 N–H and O–H groups in total. The van der Waals surface area contributed by atoms with Crippen molar-refractivity contribution in [2.45, 2.75) is 13.5 Å². The van der Waals surface area contributed by atoms with Crippen LogP contribution in [0.25, 0.3) is 165 Å². The minimum absolute atomic E-state index is 0.974. The Kier molecular flexibility index (Phi) is 17.6. The number of para-hydroxylation sites is 3. The number of aryl methyl sites for hydroxylation is 1. The molecule has 0 saturated heterocycles. The van der Waals surface area contributed by atoms with Crippen LogP contribution in [0.1, 0.15) is 6.92 Å². The molecule has 19 rings (SSSR count).